The van der Waals surface area contributed by atoms with Crippen molar-refractivity contribution in [1.29, 1.82) is 0 Å². The second-order valence-electron chi connectivity index (χ2n) is 8.66. The summed E-state index contributed by atoms with van der Waals surface area (Å²) in [5.41, 5.74) is 2.45. The summed E-state index contributed by atoms with van der Waals surface area (Å²) in [7, 11) is 3.08. The maximum atomic E-state index is 13.5. The summed E-state index contributed by atoms with van der Waals surface area (Å²) < 4.78 is 28.3. The fourth-order valence-corrected chi connectivity index (χ4v) is 4.46. The Labute approximate surface area is 198 Å². The van der Waals surface area contributed by atoms with Crippen LogP contribution in [0.5, 0.6) is 17.2 Å². The van der Waals surface area contributed by atoms with E-state index in [0.717, 1.165) is 43.2 Å². The molecule has 180 valence electrons. The molecule has 34 heavy (non-hydrogen) atoms. The summed E-state index contributed by atoms with van der Waals surface area (Å²) in [4.78, 5) is 26.0. The van der Waals surface area contributed by atoms with Gasteiger partial charge < -0.3 is 23.4 Å². The average molecular weight is 467 g/mol. The Balaban J connectivity index is 1.75. The number of carbonyl (C=O) groups is 1. The van der Waals surface area contributed by atoms with E-state index >= 15 is 0 Å². The van der Waals surface area contributed by atoms with Gasteiger partial charge in [-0.3, -0.25) is 4.79 Å². The second kappa shape index (κ2) is 10.2. The van der Waals surface area contributed by atoms with Crippen LogP contribution in [-0.2, 0) is 9.53 Å². The Morgan fingerprint density at radius 3 is 2.44 bits per heavy atom. The van der Waals surface area contributed by atoms with Crippen LogP contribution >= 0.6 is 0 Å². The summed E-state index contributed by atoms with van der Waals surface area (Å²) in [6.07, 6.45) is 4.90. The lowest BCUT2D eigenvalue weighted by Gasteiger charge is -2.21. The first-order valence-electron chi connectivity index (χ1n) is 11.5. The first kappa shape index (κ1) is 23.7. The van der Waals surface area contributed by atoms with Gasteiger partial charge in [-0.15, -0.1) is 0 Å². The molecule has 0 bridgehead atoms. The van der Waals surface area contributed by atoms with Crippen molar-refractivity contribution in [3.05, 3.63) is 51.7 Å². The standard InChI is InChI=1S/C27H30O7/c1-16-12-17(2)25-20(13-16)24(29)27(32-15-23(28)33-19-8-6-5-7-9-19)26(34-25)18-10-11-21(30-3)22(14-18)31-4/h10-14,19H,5-9,15H2,1-4H3. The highest BCUT2D eigenvalue weighted by Gasteiger charge is 2.23. The smallest absolute Gasteiger partial charge is 0.344 e. The van der Waals surface area contributed by atoms with Crippen LogP contribution in [0.25, 0.3) is 22.3 Å². The van der Waals surface area contributed by atoms with E-state index in [4.69, 9.17) is 23.4 Å². The van der Waals surface area contributed by atoms with Crippen LogP contribution in [0.15, 0.2) is 39.5 Å². The monoisotopic (exact) mass is 466 g/mol. The van der Waals surface area contributed by atoms with Gasteiger partial charge in [0.15, 0.2) is 23.9 Å². The Bertz CT molecular complexity index is 1250. The molecule has 0 spiro atoms. The molecule has 7 heteroatoms. The van der Waals surface area contributed by atoms with Crippen LogP contribution in [0.3, 0.4) is 0 Å². The predicted molar refractivity (Wildman–Crippen MR) is 129 cm³/mol. The molecular weight excluding hydrogens is 436 g/mol. The number of fused-ring (bicyclic) bond motifs is 1. The number of esters is 1. The molecule has 0 atom stereocenters. The van der Waals surface area contributed by atoms with Crippen molar-refractivity contribution in [3.8, 4) is 28.6 Å². The molecule has 0 unspecified atom stereocenters. The number of hydrogen-bond acceptors (Lipinski definition) is 7. The third-order valence-corrected chi connectivity index (χ3v) is 6.11. The predicted octanol–water partition coefficient (Wildman–Crippen LogP) is 5.35. The van der Waals surface area contributed by atoms with Gasteiger partial charge in [-0.1, -0.05) is 12.5 Å². The summed E-state index contributed by atoms with van der Waals surface area (Å²) in [6.45, 7) is 3.42. The van der Waals surface area contributed by atoms with Gasteiger partial charge in [0.1, 0.15) is 11.7 Å². The van der Waals surface area contributed by atoms with Crippen LogP contribution < -0.4 is 19.6 Å². The summed E-state index contributed by atoms with van der Waals surface area (Å²) in [5, 5.41) is 0.400. The molecule has 2 aromatic carbocycles. The summed E-state index contributed by atoms with van der Waals surface area (Å²) >= 11 is 0. The Hall–Kier alpha value is -3.48. The van der Waals surface area contributed by atoms with Crippen LogP contribution in [0, 0.1) is 13.8 Å². The van der Waals surface area contributed by atoms with Crippen molar-refractivity contribution >= 4 is 16.9 Å². The van der Waals surface area contributed by atoms with E-state index in [0.29, 0.717) is 28.0 Å². The highest BCUT2D eigenvalue weighted by Crippen LogP contribution is 2.37. The highest BCUT2D eigenvalue weighted by atomic mass is 16.6. The summed E-state index contributed by atoms with van der Waals surface area (Å²) in [6, 6.07) is 8.90. The number of ether oxygens (including phenoxy) is 4. The van der Waals surface area contributed by atoms with Gasteiger partial charge in [-0.25, -0.2) is 4.79 Å². The number of rotatable bonds is 7. The van der Waals surface area contributed by atoms with Crippen molar-refractivity contribution in [2.24, 2.45) is 0 Å². The van der Waals surface area contributed by atoms with E-state index < -0.39 is 5.97 Å². The second-order valence-corrected chi connectivity index (χ2v) is 8.66. The number of aryl methyl sites for hydroxylation is 2. The van der Waals surface area contributed by atoms with E-state index in [1.165, 1.54) is 7.11 Å². The molecule has 1 saturated carbocycles. The van der Waals surface area contributed by atoms with Crippen molar-refractivity contribution < 1.29 is 28.2 Å². The van der Waals surface area contributed by atoms with Gasteiger partial charge in [0.05, 0.1) is 19.6 Å². The van der Waals surface area contributed by atoms with Crippen molar-refractivity contribution in [1.82, 2.24) is 0 Å². The van der Waals surface area contributed by atoms with E-state index in [-0.39, 0.29) is 29.6 Å². The van der Waals surface area contributed by atoms with E-state index in [2.05, 4.69) is 0 Å². The number of methoxy groups -OCH3 is 2. The normalized spacial score (nSPS) is 14.1. The average Bonchev–Trinajstić information content (AvgIpc) is 2.84. The Morgan fingerprint density at radius 2 is 1.74 bits per heavy atom. The first-order valence-corrected chi connectivity index (χ1v) is 11.5. The molecule has 1 fully saturated rings. The molecule has 1 aliphatic carbocycles. The molecule has 0 amide bonds. The maximum Gasteiger partial charge on any atom is 0.344 e. The van der Waals surface area contributed by atoms with Crippen molar-refractivity contribution in [3.63, 3.8) is 0 Å². The molecule has 3 aromatic rings. The number of carbonyl (C=O) groups excluding carboxylic acids is 1. The SMILES string of the molecule is COc1ccc(-c2oc3c(C)cc(C)cc3c(=O)c2OCC(=O)OC2CCCCC2)cc1OC. The number of benzene rings is 2. The zero-order chi connectivity index (χ0) is 24.2. The molecular formula is C27H30O7. The van der Waals surface area contributed by atoms with Crippen LogP contribution in [0.1, 0.15) is 43.2 Å². The maximum absolute atomic E-state index is 13.5. The molecule has 1 aliphatic rings. The summed E-state index contributed by atoms with van der Waals surface area (Å²) in [5.74, 6) is 0.706. The van der Waals surface area contributed by atoms with Gasteiger partial charge >= 0.3 is 5.97 Å². The van der Waals surface area contributed by atoms with Crippen molar-refractivity contribution in [2.45, 2.75) is 52.1 Å². The van der Waals surface area contributed by atoms with Gasteiger partial charge in [-0.05, 0) is 74.9 Å². The molecule has 0 radical (unpaired) electrons. The molecule has 4 rings (SSSR count). The molecule has 1 heterocycles. The largest absolute Gasteiger partial charge is 0.493 e. The molecule has 0 saturated heterocycles. The minimum absolute atomic E-state index is 0.0367. The van der Waals surface area contributed by atoms with Crippen LogP contribution in [0.4, 0.5) is 0 Å². The van der Waals surface area contributed by atoms with E-state index in [1.807, 2.05) is 19.9 Å². The fourth-order valence-electron chi connectivity index (χ4n) is 4.46. The van der Waals surface area contributed by atoms with Crippen LogP contribution in [-0.4, -0.2) is 32.9 Å². The lowest BCUT2D eigenvalue weighted by molar-refractivity contribution is -0.152. The Morgan fingerprint density at radius 1 is 1.00 bits per heavy atom. The highest BCUT2D eigenvalue weighted by molar-refractivity contribution is 5.85. The Kier molecular flexibility index (Phi) is 7.10. The zero-order valence-electron chi connectivity index (χ0n) is 20.1. The molecule has 0 aliphatic heterocycles. The lowest BCUT2D eigenvalue weighted by Crippen LogP contribution is -2.25. The molecule has 7 nitrogen and oxygen atoms in total. The van der Waals surface area contributed by atoms with Gasteiger partial charge in [-0.2, -0.15) is 0 Å². The third kappa shape index (κ3) is 4.88. The minimum Gasteiger partial charge on any atom is -0.493 e. The molecule has 1 aromatic heterocycles. The van der Waals surface area contributed by atoms with Crippen LogP contribution in [0.2, 0.25) is 0 Å². The van der Waals surface area contributed by atoms with E-state index in [1.54, 1.807) is 31.4 Å². The molecule has 0 N–H and O–H groups in total. The number of hydrogen-bond donors (Lipinski definition) is 0. The topological polar surface area (TPSA) is 84.2 Å². The van der Waals surface area contributed by atoms with Gasteiger partial charge in [0.2, 0.25) is 11.2 Å². The van der Waals surface area contributed by atoms with E-state index in [9.17, 15) is 9.59 Å². The van der Waals surface area contributed by atoms with Gasteiger partial charge in [0, 0.05) is 5.56 Å². The third-order valence-electron chi connectivity index (χ3n) is 6.11. The quantitative estimate of drug-likeness (QED) is 0.434. The zero-order valence-corrected chi connectivity index (χ0v) is 20.1. The van der Waals surface area contributed by atoms with Crippen molar-refractivity contribution in [2.75, 3.05) is 20.8 Å². The minimum atomic E-state index is -0.495. The first-order chi connectivity index (χ1) is 16.4. The lowest BCUT2D eigenvalue weighted by atomic mass is 9.98. The fraction of sp³-hybridized carbons (Fsp3) is 0.407. The van der Waals surface area contributed by atoms with Gasteiger partial charge in [0.25, 0.3) is 0 Å².